The minimum Gasteiger partial charge on any atom is -0.230 e. The molecule has 6 heteroatoms. The van der Waals surface area contributed by atoms with Gasteiger partial charge in [-0.1, -0.05) is 110 Å². The summed E-state index contributed by atoms with van der Waals surface area (Å²) in [6.07, 6.45) is -6.10. The van der Waals surface area contributed by atoms with Crippen molar-refractivity contribution >= 4 is 0 Å². The maximum absolute atomic E-state index is 13.9. The molecule has 0 heterocycles. The van der Waals surface area contributed by atoms with Crippen LogP contribution in [0.2, 0.25) is 0 Å². The number of hydrogen-bond acceptors (Lipinski definition) is 0. The topological polar surface area (TPSA) is 0 Å². The second-order valence-electron chi connectivity index (χ2n) is 9.41. The van der Waals surface area contributed by atoms with Crippen LogP contribution in [0.5, 0.6) is 0 Å². The van der Waals surface area contributed by atoms with Crippen molar-refractivity contribution in [2.75, 3.05) is 0 Å². The molecule has 4 rings (SSSR count). The fourth-order valence-corrected chi connectivity index (χ4v) is 4.54. The molecule has 1 atom stereocenters. The summed E-state index contributed by atoms with van der Waals surface area (Å²) < 4.78 is 78.7. The Hall–Kier alpha value is -3.54. The minimum atomic E-state index is -5.64. The lowest BCUT2D eigenvalue weighted by atomic mass is 9.93. The zero-order valence-electron chi connectivity index (χ0n) is 20.9. The van der Waals surface area contributed by atoms with Gasteiger partial charge in [0.05, 0.1) is 0 Å². The molecule has 0 bridgehead atoms. The standard InChI is InChI=1S/C32H28F6/c1-2-5-22-10-16-27(17-11-22)29-7-4-3-6-26(29)15-12-23-8-13-24(14-9-23)25-18-20-28(21-19-25)31(34,35)30(33)32(36,37)38/h3-4,6-11,13-14,16-21,30H,2,5,12,15H2,1H3. The highest BCUT2D eigenvalue weighted by molar-refractivity contribution is 5.68. The summed E-state index contributed by atoms with van der Waals surface area (Å²) in [5.41, 5.74) is 6.30. The molecular formula is C32H28F6. The van der Waals surface area contributed by atoms with Gasteiger partial charge in [-0.25, -0.2) is 4.39 Å². The van der Waals surface area contributed by atoms with Crippen LogP contribution in [0.25, 0.3) is 22.3 Å². The van der Waals surface area contributed by atoms with Gasteiger partial charge in [0.25, 0.3) is 6.17 Å². The van der Waals surface area contributed by atoms with Crippen molar-refractivity contribution in [3.05, 3.63) is 119 Å². The molecule has 0 aliphatic rings. The Balaban J connectivity index is 1.44. The minimum absolute atomic E-state index is 0.551. The van der Waals surface area contributed by atoms with E-state index in [1.54, 1.807) is 0 Å². The monoisotopic (exact) mass is 526 g/mol. The number of aryl methyl sites for hydroxylation is 3. The summed E-state index contributed by atoms with van der Waals surface area (Å²) in [5.74, 6) is -4.66. The van der Waals surface area contributed by atoms with E-state index in [0.717, 1.165) is 48.9 Å². The number of hydrogen-bond donors (Lipinski definition) is 0. The highest BCUT2D eigenvalue weighted by atomic mass is 19.4. The van der Waals surface area contributed by atoms with Crippen molar-refractivity contribution < 1.29 is 26.3 Å². The maximum atomic E-state index is 13.9. The summed E-state index contributed by atoms with van der Waals surface area (Å²) in [6.45, 7) is 2.16. The molecule has 0 nitrogen and oxygen atoms in total. The van der Waals surface area contributed by atoms with E-state index in [-0.39, 0.29) is 0 Å². The first-order chi connectivity index (χ1) is 18.1. The Morgan fingerprint density at radius 3 is 1.63 bits per heavy atom. The summed E-state index contributed by atoms with van der Waals surface area (Å²) in [5, 5.41) is 0. The quantitative estimate of drug-likeness (QED) is 0.190. The number of benzene rings is 4. The number of rotatable bonds is 9. The first-order valence-corrected chi connectivity index (χ1v) is 12.5. The molecule has 0 spiro atoms. The van der Waals surface area contributed by atoms with Crippen molar-refractivity contribution in [3.8, 4) is 22.3 Å². The van der Waals surface area contributed by atoms with Crippen LogP contribution in [0.15, 0.2) is 97.1 Å². The van der Waals surface area contributed by atoms with E-state index in [4.69, 9.17) is 0 Å². The zero-order chi connectivity index (χ0) is 27.3. The van der Waals surface area contributed by atoms with Crippen molar-refractivity contribution in [2.24, 2.45) is 0 Å². The maximum Gasteiger partial charge on any atom is 0.426 e. The van der Waals surface area contributed by atoms with Crippen LogP contribution >= 0.6 is 0 Å². The summed E-state index contributed by atoms with van der Waals surface area (Å²) >= 11 is 0. The molecule has 0 aliphatic heterocycles. The lowest BCUT2D eigenvalue weighted by Gasteiger charge is -2.23. The first kappa shape index (κ1) is 27.5. The predicted octanol–water partition coefficient (Wildman–Crippen LogP) is 9.75. The van der Waals surface area contributed by atoms with E-state index in [9.17, 15) is 26.3 Å². The highest BCUT2D eigenvalue weighted by Gasteiger charge is 2.57. The second-order valence-corrected chi connectivity index (χ2v) is 9.41. The third kappa shape index (κ3) is 6.29. The summed E-state index contributed by atoms with van der Waals surface area (Å²) in [7, 11) is 0. The van der Waals surface area contributed by atoms with Gasteiger partial charge in [0.1, 0.15) is 0 Å². The van der Waals surface area contributed by atoms with Gasteiger partial charge in [-0.15, -0.1) is 0 Å². The van der Waals surface area contributed by atoms with Gasteiger partial charge >= 0.3 is 12.1 Å². The predicted molar refractivity (Wildman–Crippen MR) is 140 cm³/mol. The van der Waals surface area contributed by atoms with Crippen LogP contribution in [0, 0.1) is 0 Å². The summed E-state index contributed by atoms with van der Waals surface area (Å²) in [4.78, 5) is 0. The Morgan fingerprint density at radius 1 is 0.579 bits per heavy atom. The second kappa shape index (κ2) is 11.5. The zero-order valence-corrected chi connectivity index (χ0v) is 20.9. The molecule has 198 valence electrons. The van der Waals surface area contributed by atoms with E-state index in [0.29, 0.717) is 5.56 Å². The van der Waals surface area contributed by atoms with Crippen LogP contribution in [0.1, 0.15) is 35.6 Å². The highest BCUT2D eigenvalue weighted by Crippen LogP contribution is 2.42. The fourth-order valence-electron chi connectivity index (χ4n) is 4.54. The van der Waals surface area contributed by atoms with E-state index in [1.807, 2.05) is 36.4 Å². The molecule has 0 aromatic heterocycles. The van der Waals surface area contributed by atoms with Crippen LogP contribution in [0.3, 0.4) is 0 Å². The van der Waals surface area contributed by atoms with Crippen LogP contribution in [-0.2, 0) is 25.2 Å². The van der Waals surface area contributed by atoms with Crippen molar-refractivity contribution in [2.45, 2.75) is 50.9 Å². The molecule has 0 amide bonds. The Bertz CT molecular complexity index is 1320. The molecule has 0 saturated heterocycles. The largest absolute Gasteiger partial charge is 0.426 e. The Morgan fingerprint density at radius 2 is 1.08 bits per heavy atom. The van der Waals surface area contributed by atoms with Gasteiger partial charge in [-0.3, -0.25) is 0 Å². The average Bonchev–Trinajstić information content (AvgIpc) is 2.92. The van der Waals surface area contributed by atoms with E-state index in [1.165, 1.54) is 34.4 Å². The Labute approximate surface area is 219 Å². The normalized spacial score (nSPS) is 12.9. The molecular weight excluding hydrogens is 498 g/mol. The third-order valence-corrected chi connectivity index (χ3v) is 6.67. The smallest absolute Gasteiger partial charge is 0.230 e. The van der Waals surface area contributed by atoms with E-state index < -0.39 is 23.8 Å². The van der Waals surface area contributed by atoms with Gasteiger partial charge in [-0.05, 0) is 58.2 Å². The van der Waals surface area contributed by atoms with E-state index in [2.05, 4.69) is 43.3 Å². The first-order valence-electron chi connectivity index (χ1n) is 12.5. The number of halogens is 6. The SMILES string of the molecule is CCCc1ccc(-c2ccccc2CCc2ccc(-c3ccc(C(F)(F)C(F)C(F)(F)F)cc3)cc2)cc1. The van der Waals surface area contributed by atoms with Gasteiger partial charge < -0.3 is 0 Å². The lowest BCUT2D eigenvalue weighted by Crippen LogP contribution is -2.39. The van der Waals surface area contributed by atoms with Gasteiger partial charge in [0, 0.05) is 5.56 Å². The third-order valence-electron chi connectivity index (χ3n) is 6.67. The lowest BCUT2D eigenvalue weighted by molar-refractivity contribution is -0.248. The molecule has 0 fully saturated rings. The van der Waals surface area contributed by atoms with Gasteiger partial charge in [0.2, 0.25) is 0 Å². The molecule has 4 aromatic rings. The van der Waals surface area contributed by atoms with Crippen LogP contribution in [-0.4, -0.2) is 12.3 Å². The van der Waals surface area contributed by atoms with Crippen molar-refractivity contribution in [1.29, 1.82) is 0 Å². The van der Waals surface area contributed by atoms with Gasteiger partial charge in [0.15, 0.2) is 0 Å². The molecule has 0 saturated carbocycles. The molecule has 0 aliphatic carbocycles. The number of alkyl halides is 6. The molecule has 1 unspecified atom stereocenters. The van der Waals surface area contributed by atoms with Gasteiger partial charge in [-0.2, -0.15) is 22.0 Å². The fraction of sp³-hybridized carbons (Fsp3) is 0.250. The Kier molecular flexibility index (Phi) is 8.29. The van der Waals surface area contributed by atoms with E-state index >= 15 is 0 Å². The van der Waals surface area contributed by atoms with Crippen LogP contribution < -0.4 is 0 Å². The molecule has 0 radical (unpaired) electrons. The summed E-state index contributed by atoms with van der Waals surface area (Å²) in [6, 6.07) is 28.8. The van der Waals surface area contributed by atoms with Crippen molar-refractivity contribution in [3.63, 3.8) is 0 Å². The van der Waals surface area contributed by atoms with Crippen molar-refractivity contribution in [1.82, 2.24) is 0 Å². The molecule has 4 aromatic carbocycles. The van der Waals surface area contributed by atoms with Crippen LogP contribution in [0.4, 0.5) is 26.3 Å². The average molecular weight is 527 g/mol. The molecule has 38 heavy (non-hydrogen) atoms. The molecule has 0 N–H and O–H groups in total.